The summed E-state index contributed by atoms with van der Waals surface area (Å²) in [6.45, 7) is 7.78. The smallest absolute Gasteiger partial charge is 0.480 e. The molecule has 7 nitrogen and oxygen atoms in total. The number of nitrogens with zero attached hydrogens (tertiary/aromatic N) is 1. The van der Waals surface area contributed by atoms with Crippen molar-refractivity contribution < 1.29 is 32.8 Å². The number of aliphatic carboxylic acids is 1. The van der Waals surface area contributed by atoms with E-state index in [0.717, 1.165) is 23.7 Å². The van der Waals surface area contributed by atoms with Crippen molar-refractivity contribution in [3.63, 3.8) is 0 Å². The van der Waals surface area contributed by atoms with Crippen LogP contribution >= 0.6 is 0 Å². The molecule has 182 valence electrons. The molecule has 1 fully saturated rings. The molecule has 1 atom stereocenters. The van der Waals surface area contributed by atoms with Gasteiger partial charge in [0.2, 0.25) is 0 Å². The number of carboxylic acid groups (broad SMARTS) is 1. The minimum absolute atomic E-state index is 0.158. The summed E-state index contributed by atoms with van der Waals surface area (Å²) < 4.78 is 40.4. The van der Waals surface area contributed by atoms with Crippen molar-refractivity contribution in [3.05, 3.63) is 71.4 Å². The number of halogens is 2. The molecule has 1 amide bonds. The molecule has 0 radical (unpaired) electrons. The molecule has 1 aromatic heterocycles. The molecule has 2 N–H and O–H groups in total. The van der Waals surface area contributed by atoms with Crippen LogP contribution in [0.5, 0.6) is 0 Å². The Morgan fingerprint density at radius 3 is 2.26 bits per heavy atom. The first-order chi connectivity index (χ1) is 16.4. The van der Waals surface area contributed by atoms with Crippen LogP contribution in [0.25, 0.3) is 10.9 Å². The topological polar surface area (TPSA) is 97.8 Å². The number of rotatable bonds is 6. The van der Waals surface area contributed by atoms with Gasteiger partial charge in [-0.25, -0.2) is 13.6 Å². The second kappa shape index (κ2) is 9.01. The lowest BCUT2D eigenvalue weighted by Crippen LogP contribution is -2.43. The Bertz CT molecular complexity index is 1280. The first-order valence-corrected chi connectivity index (χ1v) is 11.1. The number of aromatic nitrogens is 1. The quantitative estimate of drug-likeness (QED) is 0.524. The zero-order valence-corrected chi connectivity index (χ0v) is 19.8. The predicted molar refractivity (Wildman–Crippen MR) is 126 cm³/mol. The summed E-state index contributed by atoms with van der Waals surface area (Å²) in [5.41, 5.74) is -0.158. The Hall–Kier alpha value is -3.37. The van der Waals surface area contributed by atoms with E-state index in [1.807, 2.05) is 33.8 Å². The number of carbonyl (C=O) groups excluding carboxylic acids is 1. The Morgan fingerprint density at radius 2 is 1.66 bits per heavy atom. The van der Waals surface area contributed by atoms with Crippen LogP contribution in [0.3, 0.4) is 0 Å². The van der Waals surface area contributed by atoms with Gasteiger partial charge in [-0.05, 0) is 56.9 Å². The van der Waals surface area contributed by atoms with E-state index < -0.39 is 53.4 Å². The van der Waals surface area contributed by atoms with Crippen LogP contribution in [0, 0.1) is 11.6 Å². The third-order valence-electron chi connectivity index (χ3n) is 6.61. The summed E-state index contributed by atoms with van der Waals surface area (Å²) in [7, 11) is -0.653. The largest absolute Gasteiger partial charge is 0.495 e. The first kappa shape index (κ1) is 24.7. The lowest BCUT2D eigenvalue weighted by Gasteiger charge is -2.32. The Morgan fingerprint density at radius 1 is 1.03 bits per heavy atom. The molecular formula is C25H25BF2N2O5. The molecule has 1 aliphatic rings. The van der Waals surface area contributed by atoms with Gasteiger partial charge < -0.3 is 19.7 Å². The van der Waals surface area contributed by atoms with E-state index in [2.05, 4.69) is 10.3 Å². The fraction of sp³-hybridized carbons (Fsp3) is 0.320. The maximum Gasteiger partial charge on any atom is 0.495 e. The lowest BCUT2D eigenvalue weighted by atomic mass is 9.76. The van der Waals surface area contributed by atoms with E-state index in [1.165, 1.54) is 0 Å². The number of benzene rings is 2. The highest BCUT2D eigenvalue weighted by Gasteiger charge is 2.52. The van der Waals surface area contributed by atoms with Gasteiger partial charge in [-0.15, -0.1) is 0 Å². The molecule has 2 aromatic carbocycles. The molecule has 0 saturated carbocycles. The van der Waals surface area contributed by atoms with Crippen LogP contribution < -0.4 is 10.8 Å². The van der Waals surface area contributed by atoms with E-state index >= 15 is 0 Å². The van der Waals surface area contributed by atoms with Crippen LogP contribution in [-0.2, 0) is 20.5 Å². The third-order valence-corrected chi connectivity index (χ3v) is 6.61. The molecule has 4 rings (SSSR count). The van der Waals surface area contributed by atoms with Gasteiger partial charge in [-0.1, -0.05) is 24.3 Å². The first-order valence-electron chi connectivity index (χ1n) is 11.1. The molecule has 3 aromatic rings. The van der Waals surface area contributed by atoms with Gasteiger partial charge in [-0.2, -0.15) is 0 Å². The van der Waals surface area contributed by atoms with Crippen molar-refractivity contribution in [2.75, 3.05) is 0 Å². The molecule has 0 aliphatic carbocycles. The highest BCUT2D eigenvalue weighted by Crippen LogP contribution is 2.37. The summed E-state index contributed by atoms with van der Waals surface area (Å²) in [5.74, 6) is -4.66. The molecule has 35 heavy (non-hydrogen) atoms. The highest BCUT2D eigenvalue weighted by atomic mass is 19.1. The zero-order valence-electron chi connectivity index (χ0n) is 19.8. The number of carbonyl (C=O) groups is 2. The van der Waals surface area contributed by atoms with Crippen molar-refractivity contribution in [2.45, 2.75) is 51.4 Å². The fourth-order valence-electron chi connectivity index (χ4n) is 3.96. The van der Waals surface area contributed by atoms with Crippen LogP contribution in [-0.4, -0.2) is 46.3 Å². The number of fused-ring (bicyclic) bond motifs is 1. The number of carboxylic acids is 1. The average Bonchev–Trinajstić information content (AvgIpc) is 2.99. The van der Waals surface area contributed by atoms with Gasteiger partial charge >= 0.3 is 13.1 Å². The molecule has 1 aliphatic heterocycles. The number of pyridine rings is 1. The van der Waals surface area contributed by atoms with Crippen molar-refractivity contribution in [1.82, 2.24) is 10.3 Å². The lowest BCUT2D eigenvalue weighted by molar-refractivity contribution is -0.139. The van der Waals surface area contributed by atoms with Gasteiger partial charge in [0.25, 0.3) is 5.91 Å². The molecule has 0 unspecified atom stereocenters. The maximum atomic E-state index is 14.0. The van der Waals surface area contributed by atoms with Crippen LogP contribution in [0.2, 0.25) is 0 Å². The Kier molecular flexibility index (Phi) is 6.37. The maximum absolute atomic E-state index is 14.0. The van der Waals surface area contributed by atoms with Gasteiger partial charge in [0.1, 0.15) is 23.2 Å². The van der Waals surface area contributed by atoms with Crippen LogP contribution in [0.1, 0.15) is 43.6 Å². The zero-order chi connectivity index (χ0) is 25.5. The highest BCUT2D eigenvalue weighted by molar-refractivity contribution is 6.65. The monoisotopic (exact) mass is 482 g/mol. The van der Waals surface area contributed by atoms with Crippen molar-refractivity contribution in [1.29, 1.82) is 0 Å². The van der Waals surface area contributed by atoms with Gasteiger partial charge in [-0.3, -0.25) is 9.78 Å². The number of hydrogen-bond donors (Lipinski definition) is 2. The average molecular weight is 482 g/mol. The minimum atomic E-state index is -1.45. The Balaban J connectivity index is 1.65. The SMILES string of the molecule is CC1(C)OB(c2ccc(C[C@H](NC(=O)c3c(F)cccc3F)C(=O)O)c3ncccc23)OC1(C)C. The van der Waals surface area contributed by atoms with E-state index in [9.17, 15) is 23.5 Å². The molecule has 0 spiro atoms. The van der Waals surface area contributed by atoms with E-state index in [1.54, 1.807) is 24.4 Å². The second-order valence-corrected chi connectivity index (χ2v) is 9.47. The van der Waals surface area contributed by atoms with Crippen molar-refractivity contribution in [3.8, 4) is 0 Å². The molecule has 10 heteroatoms. The second-order valence-electron chi connectivity index (χ2n) is 9.47. The van der Waals surface area contributed by atoms with Crippen LogP contribution in [0.15, 0.2) is 48.7 Å². The minimum Gasteiger partial charge on any atom is -0.480 e. The summed E-state index contributed by atoms with van der Waals surface area (Å²) in [4.78, 5) is 28.9. The summed E-state index contributed by atoms with van der Waals surface area (Å²) in [6.07, 6.45) is 1.41. The molecular weight excluding hydrogens is 457 g/mol. The summed E-state index contributed by atoms with van der Waals surface area (Å²) >= 11 is 0. The Labute approximate surface area is 201 Å². The van der Waals surface area contributed by atoms with Gasteiger partial charge in [0, 0.05) is 18.0 Å². The number of nitrogens with one attached hydrogen (secondary N) is 1. The van der Waals surface area contributed by atoms with Gasteiger partial charge in [0.15, 0.2) is 0 Å². The van der Waals surface area contributed by atoms with E-state index in [0.29, 0.717) is 16.5 Å². The summed E-state index contributed by atoms with van der Waals surface area (Å²) in [5, 5.41) is 12.7. The number of amides is 1. The summed E-state index contributed by atoms with van der Waals surface area (Å²) in [6, 6.07) is 8.58. The normalized spacial score (nSPS) is 17.4. The fourth-order valence-corrected chi connectivity index (χ4v) is 3.96. The predicted octanol–water partition coefficient (Wildman–Crippen LogP) is 3.24. The van der Waals surface area contributed by atoms with Crippen LogP contribution in [0.4, 0.5) is 8.78 Å². The van der Waals surface area contributed by atoms with E-state index in [4.69, 9.17) is 9.31 Å². The molecule has 2 heterocycles. The van der Waals surface area contributed by atoms with Gasteiger partial charge in [0.05, 0.1) is 16.7 Å². The molecule has 0 bridgehead atoms. The van der Waals surface area contributed by atoms with E-state index in [-0.39, 0.29) is 6.42 Å². The molecule has 1 saturated heterocycles. The third kappa shape index (κ3) is 4.63. The van der Waals surface area contributed by atoms with Crippen molar-refractivity contribution in [2.24, 2.45) is 0 Å². The number of hydrogen-bond acceptors (Lipinski definition) is 5. The van der Waals surface area contributed by atoms with Crippen molar-refractivity contribution >= 4 is 35.4 Å². The standard InChI is InChI=1S/C25H25BF2N2O5/c1-24(2)25(3,4)35-26(34-24)16-11-10-14(21-15(16)7-6-12-29-21)13-19(23(32)33)30-22(31)20-17(27)8-5-9-18(20)28/h5-12,19H,13H2,1-4H3,(H,30,31)(H,32,33)/t19-/m0/s1.